The lowest BCUT2D eigenvalue weighted by Gasteiger charge is -2.39. The second kappa shape index (κ2) is 9.38. The van der Waals surface area contributed by atoms with E-state index in [1.54, 1.807) is 12.1 Å². The van der Waals surface area contributed by atoms with Crippen molar-refractivity contribution in [3.05, 3.63) is 29.8 Å². The Bertz CT molecular complexity index is 729. The molecule has 1 aromatic carbocycles. The van der Waals surface area contributed by atoms with E-state index >= 15 is 0 Å². The Morgan fingerprint density at radius 1 is 0.933 bits per heavy atom. The standard InChI is InChI=1S/C24H35N3O3/c1-18-4-3-5-19(2)27(18)23(28)17-30-22-10-8-21(9-11-22)24(29)26-14-12-25(13-15-26)16-20-6-7-20/h8-11,18-20H,3-7,12-17H2,1-2H3. The largest absolute Gasteiger partial charge is 0.484 e. The van der Waals surface area contributed by atoms with Crippen molar-refractivity contribution >= 4 is 11.8 Å². The third-order valence-corrected chi connectivity index (χ3v) is 6.82. The molecular formula is C24H35N3O3. The molecule has 164 valence electrons. The third-order valence-electron chi connectivity index (χ3n) is 6.82. The first-order valence-electron chi connectivity index (χ1n) is 11.6. The molecule has 6 heteroatoms. The second-order valence-electron chi connectivity index (χ2n) is 9.28. The highest BCUT2D eigenvalue weighted by molar-refractivity contribution is 5.94. The summed E-state index contributed by atoms with van der Waals surface area (Å²) in [4.78, 5) is 31.8. The smallest absolute Gasteiger partial charge is 0.260 e. The summed E-state index contributed by atoms with van der Waals surface area (Å²) in [5.74, 6) is 1.65. The van der Waals surface area contributed by atoms with Gasteiger partial charge in [0.25, 0.3) is 11.8 Å². The van der Waals surface area contributed by atoms with Crippen LogP contribution >= 0.6 is 0 Å². The summed E-state index contributed by atoms with van der Waals surface area (Å²) in [6.07, 6.45) is 6.03. The van der Waals surface area contributed by atoms with Crippen LogP contribution in [0.25, 0.3) is 0 Å². The van der Waals surface area contributed by atoms with Crippen molar-refractivity contribution < 1.29 is 14.3 Å². The fourth-order valence-electron chi connectivity index (χ4n) is 4.81. The summed E-state index contributed by atoms with van der Waals surface area (Å²) in [5.41, 5.74) is 0.683. The molecule has 1 aromatic rings. The van der Waals surface area contributed by atoms with Crippen molar-refractivity contribution in [3.63, 3.8) is 0 Å². The number of piperazine rings is 1. The molecule has 2 heterocycles. The first-order valence-corrected chi connectivity index (χ1v) is 11.6. The van der Waals surface area contributed by atoms with Crippen LogP contribution in [0.15, 0.2) is 24.3 Å². The number of carbonyl (C=O) groups excluding carboxylic acids is 2. The summed E-state index contributed by atoms with van der Waals surface area (Å²) >= 11 is 0. The molecule has 2 unspecified atom stereocenters. The summed E-state index contributed by atoms with van der Waals surface area (Å²) < 4.78 is 5.73. The normalized spacial score (nSPS) is 25.3. The second-order valence-corrected chi connectivity index (χ2v) is 9.28. The lowest BCUT2D eigenvalue weighted by Crippen LogP contribution is -2.49. The SMILES string of the molecule is CC1CCCC(C)N1C(=O)COc1ccc(C(=O)N2CCN(CC3CC3)CC2)cc1. The fourth-order valence-corrected chi connectivity index (χ4v) is 4.81. The zero-order valence-electron chi connectivity index (χ0n) is 18.4. The molecule has 3 aliphatic rings. The summed E-state index contributed by atoms with van der Waals surface area (Å²) in [7, 11) is 0. The van der Waals surface area contributed by atoms with Crippen LogP contribution in [-0.2, 0) is 4.79 Å². The first kappa shape index (κ1) is 21.2. The predicted octanol–water partition coefficient (Wildman–Crippen LogP) is 3.02. The molecule has 3 fully saturated rings. The zero-order chi connectivity index (χ0) is 21.1. The molecule has 0 N–H and O–H groups in total. The maximum absolute atomic E-state index is 12.8. The van der Waals surface area contributed by atoms with Gasteiger partial charge in [0.05, 0.1) is 0 Å². The highest BCUT2D eigenvalue weighted by Gasteiger charge is 2.29. The Labute approximate surface area is 180 Å². The molecule has 6 nitrogen and oxygen atoms in total. The molecule has 30 heavy (non-hydrogen) atoms. The Morgan fingerprint density at radius 3 is 2.17 bits per heavy atom. The fraction of sp³-hybridized carbons (Fsp3) is 0.667. The van der Waals surface area contributed by atoms with E-state index in [1.165, 1.54) is 25.8 Å². The molecular weight excluding hydrogens is 378 g/mol. The monoisotopic (exact) mass is 413 g/mol. The summed E-state index contributed by atoms with van der Waals surface area (Å²) in [6, 6.07) is 7.76. The van der Waals surface area contributed by atoms with Crippen molar-refractivity contribution in [2.75, 3.05) is 39.3 Å². The van der Waals surface area contributed by atoms with Gasteiger partial charge in [-0.3, -0.25) is 14.5 Å². The summed E-state index contributed by atoms with van der Waals surface area (Å²) in [5, 5.41) is 0. The van der Waals surface area contributed by atoms with Crippen molar-refractivity contribution in [1.82, 2.24) is 14.7 Å². The molecule has 0 radical (unpaired) electrons. The molecule has 2 atom stereocenters. The maximum Gasteiger partial charge on any atom is 0.260 e. The minimum atomic E-state index is 0.0407. The van der Waals surface area contributed by atoms with Crippen molar-refractivity contribution in [2.45, 2.75) is 58.0 Å². The van der Waals surface area contributed by atoms with Crippen LogP contribution < -0.4 is 4.74 Å². The van der Waals surface area contributed by atoms with Crippen LogP contribution in [0.5, 0.6) is 5.75 Å². The van der Waals surface area contributed by atoms with E-state index in [0.717, 1.165) is 44.9 Å². The molecule has 4 rings (SSSR count). The maximum atomic E-state index is 12.8. The van der Waals surface area contributed by atoms with Gasteiger partial charge in [-0.25, -0.2) is 0 Å². The van der Waals surface area contributed by atoms with Gasteiger partial charge in [0.2, 0.25) is 0 Å². The molecule has 1 saturated carbocycles. The average Bonchev–Trinajstić information content (AvgIpc) is 3.56. The van der Waals surface area contributed by atoms with E-state index in [0.29, 0.717) is 11.3 Å². The summed E-state index contributed by atoms with van der Waals surface area (Å²) in [6.45, 7) is 9.00. The number of hydrogen-bond donors (Lipinski definition) is 0. The number of ether oxygens (including phenoxy) is 1. The van der Waals surface area contributed by atoms with Crippen LogP contribution in [0, 0.1) is 5.92 Å². The lowest BCUT2D eigenvalue weighted by atomic mass is 9.97. The van der Waals surface area contributed by atoms with Crippen molar-refractivity contribution in [2.24, 2.45) is 5.92 Å². The molecule has 0 spiro atoms. The number of rotatable bonds is 6. The van der Waals surface area contributed by atoms with E-state index in [1.807, 2.05) is 21.9 Å². The van der Waals surface area contributed by atoms with E-state index in [-0.39, 0.29) is 30.5 Å². The van der Waals surface area contributed by atoms with Gasteiger partial charge in [-0.15, -0.1) is 0 Å². The van der Waals surface area contributed by atoms with E-state index in [4.69, 9.17) is 4.74 Å². The van der Waals surface area contributed by atoms with Gasteiger partial charge in [0.1, 0.15) is 5.75 Å². The van der Waals surface area contributed by atoms with Gasteiger partial charge in [-0.05, 0) is 76.1 Å². The minimum Gasteiger partial charge on any atom is -0.484 e. The number of nitrogens with zero attached hydrogens (tertiary/aromatic N) is 3. The first-order chi connectivity index (χ1) is 14.5. The molecule has 2 aliphatic heterocycles. The van der Waals surface area contributed by atoms with E-state index in [2.05, 4.69) is 18.7 Å². The number of likely N-dealkylation sites (tertiary alicyclic amines) is 1. The number of carbonyl (C=O) groups is 2. The van der Waals surface area contributed by atoms with Gasteiger partial charge >= 0.3 is 0 Å². The highest BCUT2D eigenvalue weighted by Crippen LogP contribution is 2.30. The van der Waals surface area contributed by atoms with Crippen molar-refractivity contribution in [3.8, 4) is 5.75 Å². The van der Waals surface area contributed by atoms with Crippen LogP contribution in [0.3, 0.4) is 0 Å². The van der Waals surface area contributed by atoms with Crippen LogP contribution in [-0.4, -0.2) is 77.9 Å². The molecule has 2 amide bonds. The Balaban J connectivity index is 1.25. The quantitative estimate of drug-likeness (QED) is 0.719. The number of benzene rings is 1. The average molecular weight is 414 g/mol. The minimum absolute atomic E-state index is 0.0407. The Morgan fingerprint density at radius 2 is 1.57 bits per heavy atom. The lowest BCUT2D eigenvalue weighted by molar-refractivity contribution is -0.139. The van der Waals surface area contributed by atoms with Crippen LogP contribution in [0.2, 0.25) is 0 Å². The number of hydrogen-bond acceptors (Lipinski definition) is 4. The Hall–Kier alpha value is -2.08. The van der Waals surface area contributed by atoms with E-state index < -0.39 is 0 Å². The number of piperidine rings is 1. The van der Waals surface area contributed by atoms with Crippen LogP contribution in [0.4, 0.5) is 0 Å². The third kappa shape index (κ3) is 5.15. The Kier molecular flexibility index (Phi) is 6.61. The zero-order valence-corrected chi connectivity index (χ0v) is 18.4. The molecule has 0 bridgehead atoms. The topological polar surface area (TPSA) is 53.1 Å². The van der Waals surface area contributed by atoms with Crippen molar-refractivity contribution in [1.29, 1.82) is 0 Å². The molecule has 1 aliphatic carbocycles. The predicted molar refractivity (Wildman–Crippen MR) is 117 cm³/mol. The highest BCUT2D eigenvalue weighted by atomic mass is 16.5. The number of amides is 2. The molecule has 2 saturated heterocycles. The van der Waals surface area contributed by atoms with E-state index in [9.17, 15) is 9.59 Å². The van der Waals surface area contributed by atoms with Gasteiger partial charge < -0.3 is 14.5 Å². The van der Waals surface area contributed by atoms with Gasteiger partial charge in [-0.2, -0.15) is 0 Å². The molecule has 0 aromatic heterocycles. The van der Waals surface area contributed by atoms with Gasteiger partial charge in [-0.1, -0.05) is 0 Å². The van der Waals surface area contributed by atoms with Crippen LogP contribution in [0.1, 0.15) is 56.3 Å². The van der Waals surface area contributed by atoms with Gasteiger partial charge in [0, 0.05) is 50.4 Å². The van der Waals surface area contributed by atoms with Gasteiger partial charge in [0.15, 0.2) is 6.61 Å².